The molecule has 0 unspecified atom stereocenters. The molecule has 1 N–H and O–H groups in total. The van der Waals surface area contributed by atoms with E-state index >= 15 is 0 Å². The summed E-state index contributed by atoms with van der Waals surface area (Å²) in [5.74, 6) is 0.774. The van der Waals surface area contributed by atoms with E-state index in [9.17, 15) is 4.79 Å². The summed E-state index contributed by atoms with van der Waals surface area (Å²) in [4.78, 5) is 11.9. The van der Waals surface area contributed by atoms with Crippen LogP contribution in [0.5, 0.6) is 5.75 Å². The van der Waals surface area contributed by atoms with Crippen molar-refractivity contribution in [2.75, 3.05) is 7.11 Å². The van der Waals surface area contributed by atoms with Gasteiger partial charge in [-0.3, -0.25) is 4.79 Å². The Morgan fingerprint density at radius 3 is 2.71 bits per heavy atom. The van der Waals surface area contributed by atoms with Gasteiger partial charge in [0.25, 0.3) is 5.91 Å². The van der Waals surface area contributed by atoms with Gasteiger partial charge in [-0.2, -0.15) is 5.26 Å². The number of nitrogens with zero attached hydrogens (tertiary/aromatic N) is 1. The van der Waals surface area contributed by atoms with Crippen LogP contribution in [-0.4, -0.2) is 13.0 Å². The first-order valence-corrected chi connectivity index (χ1v) is 6.29. The molecule has 0 aliphatic carbocycles. The average Bonchev–Trinajstić information content (AvgIpc) is 3.03. The maximum absolute atomic E-state index is 11.9. The third kappa shape index (κ3) is 3.98. The molecule has 1 aromatic carbocycles. The fourth-order valence-electron chi connectivity index (χ4n) is 1.69. The molecule has 1 amide bonds. The van der Waals surface area contributed by atoms with Crippen LogP contribution in [-0.2, 0) is 11.3 Å². The SMILES string of the molecule is COc1ccc(CNC(=O)/C(C#N)=C/c2ccco2)cc1. The molecule has 106 valence electrons. The highest BCUT2D eigenvalue weighted by atomic mass is 16.5. The summed E-state index contributed by atoms with van der Waals surface area (Å²) in [5.41, 5.74) is 0.915. The summed E-state index contributed by atoms with van der Waals surface area (Å²) in [6, 6.07) is 12.5. The maximum Gasteiger partial charge on any atom is 0.262 e. The van der Waals surface area contributed by atoms with E-state index < -0.39 is 5.91 Å². The third-order valence-electron chi connectivity index (χ3n) is 2.81. The van der Waals surface area contributed by atoms with Crippen LogP contribution in [0.1, 0.15) is 11.3 Å². The number of methoxy groups -OCH3 is 1. The van der Waals surface area contributed by atoms with Crippen LogP contribution in [0.3, 0.4) is 0 Å². The van der Waals surface area contributed by atoms with Gasteiger partial charge < -0.3 is 14.5 Å². The minimum atomic E-state index is -0.440. The zero-order valence-electron chi connectivity index (χ0n) is 11.5. The number of ether oxygens (including phenoxy) is 1. The predicted octanol–water partition coefficient (Wildman–Crippen LogP) is 2.51. The second-order valence-electron chi connectivity index (χ2n) is 4.22. The van der Waals surface area contributed by atoms with Crippen LogP contribution in [0.4, 0.5) is 0 Å². The molecule has 1 heterocycles. The average molecular weight is 282 g/mol. The van der Waals surface area contributed by atoms with Crippen molar-refractivity contribution in [1.29, 1.82) is 5.26 Å². The highest BCUT2D eigenvalue weighted by molar-refractivity contribution is 6.01. The lowest BCUT2D eigenvalue weighted by Gasteiger charge is -2.05. The molecule has 2 rings (SSSR count). The van der Waals surface area contributed by atoms with E-state index in [1.165, 1.54) is 12.3 Å². The van der Waals surface area contributed by atoms with Crippen molar-refractivity contribution in [3.8, 4) is 11.8 Å². The Labute approximate surface area is 122 Å². The van der Waals surface area contributed by atoms with Crippen LogP contribution in [0.2, 0.25) is 0 Å². The molecule has 0 saturated heterocycles. The van der Waals surface area contributed by atoms with Gasteiger partial charge in [-0.1, -0.05) is 12.1 Å². The zero-order chi connectivity index (χ0) is 15.1. The molecule has 0 aliphatic heterocycles. The number of hydrogen-bond acceptors (Lipinski definition) is 4. The number of hydrogen-bond donors (Lipinski definition) is 1. The van der Waals surface area contributed by atoms with Gasteiger partial charge in [0.05, 0.1) is 13.4 Å². The summed E-state index contributed by atoms with van der Waals surface area (Å²) in [7, 11) is 1.59. The Kier molecular flexibility index (Phi) is 4.78. The molecule has 0 radical (unpaired) electrons. The van der Waals surface area contributed by atoms with E-state index in [1.54, 1.807) is 19.2 Å². The summed E-state index contributed by atoms with van der Waals surface area (Å²) in [6.07, 6.45) is 2.89. The molecule has 0 saturated carbocycles. The first-order chi connectivity index (χ1) is 10.2. The van der Waals surface area contributed by atoms with Gasteiger partial charge in [-0.05, 0) is 29.8 Å². The summed E-state index contributed by atoms with van der Waals surface area (Å²) in [5, 5.41) is 11.7. The molecular formula is C16H14N2O3. The fourth-order valence-corrected chi connectivity index (χ4v) is 1.69. The molecule has 1 aromatic heterocycles. The van der Waals surface area contributed by atoms with E-state index in [0.717, 1.165) is 11.3 Å². The molecule has 2 aromatic rings. The molecule has 21 heavy (non-hydrogen) atoms. The van der Waals surface area contributed by atoms with Gasteiger partial charge in [0.15, 0.2) is 0 Å². The third-order valence-corrected chi connectivity index (χ3v) is 2.81. The van der Waals surface area contributed by atoms with Crippen molar-refractivity contribution < 1.29 is 13.9 Å². The summed E-state index contributed by atoms with van der Waals surface area (Å²) >= 11 is 0. The highest BCUT2D eigenvalue weighted by Gasteiger charge is 2.09. The topological polar surface area (TPSA) is 75.3 Å². The van der Waals surface area contributed by atoms with Gasteiger partial charge in [-0.25, -0.2) is 0 Å². The Hall–Kier alpha value is -3.00. The lowest BCUT2D eigenvalue weighted by Crippen LogP contribution is -2.23. The molecule has 0 fully saturated rings. The number of carbonyl (C=O) groups is 1. The van der Waals surface area contributed by atoms with Crippen molar-refractivity contribution in [3.63, 3.8) is 0 Å². The Morgan fingerprint density at radius 2 is 2.14 bits per heavy atom. The van der Waals surface area contributed by atoms with Gasteiger partial charge in [-0.15, -0.1) is 0 Å². The molecular weight excluding hydrogens is 268 g/mol. The van der Waals surface area contributed by atoms with Gasteiger partial charge in [0.2, 0.25) is 0 Å². The lowest BCUT2D eigenvalue weighted by molar-refractivity contribution is -0.117. The molecule has 0 atom stereocenters. The van der Waals surface area contributed by atoms with Crippen LogP contribution < -0.4 is 10.1 Å². The highest BCUT2D eigenvalue weighted by Crippen LogP contribution is 2.11. The molecule has 5 heteroatoms. The molecule has 0 spiro atoms. The van der Waals surface area contributed by atoms with Crippen LogP contribution in [0, 0.1) is 11.3 Å². The standard InChI is InChI=1S/C16H14N2O3/c1-20-14-6-4-12(5-7-14)11-18-16(19)13(10-17)9-15-3-2-8-21-15/h2-9H,11H2,1H3,(H,18,19)/b13-9+. The first kappa shape index (κ1) is 14.4. The lowest BCUT2D eigenvalue weighted by atomic mass is 10.2. The van der Waals surface area contributed by atoms with Gasteiger partial charge >= 0.3 is 0 Å². The molecule has 0 bridgehead atoms. The number of rotatable bonds is 5. The second-order valence-corrected chi connectivity index (χ2v) is 4.22. The summed E-state index contributed by atoms with van der Waals surface area (Å²) < 4.78 is 10.1. The first-order valence-electron chi connectivity index (χ1n) is 6.29. The Bertz CT molecular complexity index is 665. The van der Waals surface area contributed by atoms with Crippen LogP contribution in [0.25, 0.3) is 6.08 Å². The van der Waals surface area contributed by atoms with Crippen molar-refractivity contribution in [2.45, 2.75) is 6.54 Å². The minimum absolute atomic E-state index is 0.00142. The van der Waals surface area contributed by atoms with Crippen molar-refractivity contribution in [3.05, 3.63) is 59.6 Å². The second kappa shape index (κ2) is 6.96. The number of furan rings is 1. The maximum atomic E-state index is 11.9. The van der Waals surface area contributed by atoms with Crippen molar-refractivity contribution in [1.82, 2.24) is 5.32 Å². The van der Waals surface area contributed by atoms with Gasteiger partial charge in [0.1, 0.15) is 23.2 Å². The largest absolute Gasteiger partial charge is 0.497 e. The number of nitrogens with one attached hydrogen (secondary N) is 1. The van der Waals surface area contributed by atoms with Crippen molar-refractivity contribution >= 4 is 12.0 Å². The Morgan fingerprint density at radius 1 is 1.38 bits per heavy atom. The van der Waals surface area contributed by atoms with Crippen LogP contribution >= 0.6 is 0 Å². The Balaban J connectivity index is 1.98. The van der Waals surface area contributed by atoms with Crippen molar-refractivity contribution in [2.24, 2.45) is 0 Å². The molecule has 0 aliphatic rings. The number of carbonyl (C=O) groups excluding carboxylic acids is 1. The fraction of sp³-hybridized carbons (Fsp3) is 0.125. The van der Waals surface area contributed by atoms with E-state index in [0.29, 0.717) is 12.3 Å². The van der Waals surface area contributed by atoms with E-state index in [-0.39, 0.29) is 5.57 Å². The number of amides is 1. The monoisotopic (exact) mass is 282 g/mol. The minimum Gasteiger partial charge on any atom is -0.497 e. The van der Waals surface area contributed by atoms with E-state index in [2.05, 4.69) is 5.32 Å². The zero-order valence-corrected chi connectivity index (χ0v) is 11.5. The smallest absolute Gasteiger partial charge is 0.262 e. The van der Waals surface area contributed by atoms with E-state index in [4.69, 9.17) is 14.4 Å². The number of benzene rings is 1. The predicted molar refractivity (Wildman–Crippen MR) is 77.1 cm³/mol. The van der Waals surface area contributed by atoms with Crippen LogP contribution in [0.15, 0.2) is 52.7 Å². The number of nitriles is 1. The normalized spacial score (nSPS) is 10.8. The van der Waals surface area contributed by atoms with Gasteiger partial charge in [0, 0.05) is 12.6 Å². The van der Waals surface area contributed by atoms with E-state index in [1.807, 2.05) is 30.3 Å². The molecule has 5 nitrogen and oxygen atoms in total. The summed E-state index contributed by atoms with van der Waals surface area (Å²) in [6.45, 7) is 0.333. The quantitative estimate of drug-likeness (QED) is 0.675.